The Morgan fingerprint density at radius 2 is 1.65 bits per heavy atom. The Bertz CT molecular complexity index is 1310. The molecule has 9 heteroatoms. The molecule has 0 radical (unpaired) electrons. The molecule has 1 atom stereocenters. The van der Waals surface area contributed by atoms with Crippen LogP contribution in [-0.4, -0.2) is 26.3 Å². The Hall–Kier alpha value is -3.69. The van der Waals surface area contributed by atoms with Crippen molar-refractivity contribution in [1.29, 1.82) is 5.41 Å². The van der Waals surface area contributed by atoms with Gasteiger partial charge in [0.2, 0.25) is 10.0 Å². The first-order valence-electron chi connectivity index (χ1n) is 10.7. The molecule has 0 saturated carbocycles. The number of sulfonamides is 1. The number of amides is 1. The van der Waals surface area contributed by atoms with Crippen molar-refractivity contribution in [1.82, 2.24) is 0 Å². The highest BCUT2D eigenvalue weighted by Crippen LogP contribution is 2.25. The molecule has 1 amide bonds. The van der Waals surface area contributed by atoms with Gasteiger partial charge in [0, 0.05) is 11.3 Å². The van der Waals surface area contributed by atoms with Crippen molar-refractivity contribution in [3.05, 3.63) is 78.4 Å². The van der Waals surface area contributed by atoms with Gasteiger partial charge in [0.25, 0.3) is 5.91 Å². The molecule has 0 aliphatic rings. The summed E-state index contributed by atoms with van der Waals surface area (Å²) in [6.07, 6.45) is -0.289. The van der Waals surface area contributed by atoms with E-state index >= 15 is 0 Å². The zero-order valence-corrected chi connectivity index (χ0v) is 19.8. The van der Waals surface area contributed by atoms with Gasteiger partial charge >= 0.3 is 0 Å². The Morgan fingerprint density at radius 1 is 1.00 bits per heavy atom. The largest absolute Gasteiger partial charge is 0.481 e. The summed E-state index contributed by atoms with van der Waals surface area (Å²) in [6.45, 7) is 3.99. The van der Waals surface area contributed by atoms with Crippen LogP contribution in [0.25, 0.3) is 11.1 Å². The molecule has 3 rings (SSSR count). The summed E-state index contributed by atoms with van der Waals surface area (Å²) in [5.74, 6) is 0.233. The van der Waals surface area contributed by atoms with Crippen molar-refractivity contribution in [3.63, 3.8) is 0 Å². The number of nitrogens with one attached hydrogen (secondary N) is 2. The number of primary sulfonamides is 1. The zero-order chi connectivity index (χ0) is 24.9. The van der Waals surface area contributed by atoms with Crippen LogP contribution in [0.4, 0.5) is 5.69 Å². The summed E-state index contributed by atoms with van der Waals surface area (Å²) < 4.78 is 29.4. The molecule has 1 unspecified atom stereocenters. The van der Waals surface area contributed by atoms with Crippen LogP contribution in [0.1, 0.15) is 25.8 Å². The molecule has 0 saturated heterocycles. The van der Waals surface area contributed by atoms with E-state index in [0.717, 1.165) is 5.56 Å². The quantitative estimate of drug-likeness (QED) is 0.272. The standard InChI is InChI=1S/C25H28N4O4S/c1-16(2)12-23(33-21-10-4-8-19(14-21)24(26)27)25(30)29-20-9-3-6-17(13-20)18-7-5-11-22(15-18)34(28,31)32/h3-11,13-16,23H,12H2,1-2H3,(H3,26,27)(H,29,30)(H2,28,31,32). The van der Waals surface area contributed by atoms with Gasteiger partial charge in [-0.2, -0.15) is 0 Å². The first-order valence-corrected chi connectivity index (χ1v) is 12.2. The maximum absolute atomic E-state index is 13.1. The molecule has 0 bridgehead atoms. The second kappa shape index (κ2) is 10.5. The number of hydrogen-bond donors (Lipinski definition) is 4. The molecule has 34 heavy (non-hydrogen) atoms. The van der Waals surface area contributed by atoms with E-state index < -0.39 is 16.1 Å². The number of benzene rings is 3. The summed E-state index contributed by atoms with van der Waals surface area (Å²) in [7, 11) is -3.83. The third kappa shape index (κ3) is 6.66. The number of amidine groups is 1. The average Bonchev–Trinajstić information content (AvgIpc) is 2.78. The summed E-state index contributed by atoms with van der Waals surface area (Å²) >= 11 is 0. The molecule has 0 fully saturated rings. The van der Waals surface area contributed by atoms with E-state index in [1.165, 1.54) is 12.1 Å². The second-order valence-electron chi connectivity index (χ2n) is 8.32. The minimum absolute atomic E-state index is 0.0117. The van der Waals surface area contributed by atoms with E-state index in [9.17, 15) is 13.2 Å². The van der Waals surface area contributed by atoms with E-state index in [0.29, 0.717) is 29.0 Å². The van der Waals surface area contributed by atoms with E-state index in [1.54, 1.807) is 54.6 Å². The first kappa shape index (κ1) is 24.9. The van der Waals surface area contributed by atoms with Gasteiger partial charge in [-0.05, 0) is 59.9 Å². The highest BCUT2D eigenvalue weighted by Gasteiger charge is 2.22. The summed E-state index contributed by atoms with van der Waals surface area (Å²) in [5.41, 5.74) is 7.98. The van der Waals surface area contributed by atoms with Gasteiger partial charge in [0.05, 0.1) is 4.90 Å². The normalized spacial score (nSPS) is 12.2. The van der Waals surface area contributed by atoms with Gasteiger partial charge in [0.1, 0.15) is 11.6 Å². The molecule has 0 spiro atoms. The summed E-state index contributed by atoms with van der Waals surface area (Å²) in [6, 6.07) is 20.1. The lowest BCUT2D eigenvalue weighted by Gasteiger charge is -2.21. The topological polar surface area (TPSA) is 148 Å². The third-order valence-corrected chi connectivity index (χ3v) is 5.94. The summed E-state index contributed by atoms with van der Waals surface area (Å²) in [5, 5.41) is 15.7. The number of nitrogen functional groups attached to an aromatic ring is 1. The maximum Gasteiger partial charge on any atom is 0.265 e. The zero-order valence-electron chi connectivity index (χ0n) is 19.0. The predicted octanol–water partition coefficient (Wildman–Crippen LogP) is 3.72. The molecule has 3 aromatic rings. The number of ether oxygens (including phenoxy) is 1. The highest BCUT2D eigenvalue weighted by molar-refractivity contribution is 7.89. The van der Waals surface area contributed by atoms with Gasteiger partial charge in [0.15, 0.2) is 6.10 Å². The van der Waals surface area contributed by atoms with Gasteiger partial charge in [-0.15, -0.1) is 0 Å². The Kier molecular flexibility index (Phi) is 7.70. The molecular formula is C25H28N4O4S. The molecule has 3 aromatic carbocycles. The van der Waals surface area contributed by atoms with E-state index in [2.05, 4.69) is 5.32 Å². The lowest BCUT2D eigenvalue weighted by atomic mass is 10.0. The maximum atomic E-state index is 13.1. The van der Waals surface area contributed by atoms with Gasteiger partial charge in [-0.25, -0.2) is 13.6 Å². The Labute approximate surface area is 199 Å². The van der Waals surface area contributed by atoms with Gasteiger partial charge in [-0.1, -0.05) is 50.2 Å². The highest BCUT2D eigenvalue weighted by atomic mass is 32.2. The van der Waals surface area contributed by atoms with E-state index in [1.807, 2.05) is 19.9 Å². The number of rotatable bonds is 9. The smallest absolute Gasteiger partial charge is 0.265 e. The predicted molar refractivity (Wildman–Crippen MR) is 133 cm³/mol. The van der Waals surface area contributed by atoms with Crippen molar-refractivity contribution < 1.29 is 17.9 Å². The van der Waals surface area contributed by atoms with E-state index in [4.69, 9.17) is 21.0 Å². The van der Waals surface area contributed by atoms with Crippen LogP contribution in [0.15, 0.2) is 77.7 Å². The first-order chi connectivity index (χ1) is 16.0. The van der Waals surface area contributed by atoms with E-state index in [-0.39, 0.29) is 22.6 Å². The second-order valence-corrected chi connectivity index (χ2v) is 9.88. The van der Waals surface area contributed by atoms with Crippen molar-refractivity contribution in [2.75, 3.05) is 5.32 Å². The van der Waals surface area contributed by atoms with Crippen LogP contribution in [0.2, 0.25) is 0 Å². The Morgan fingerprint density at radius 3 is 2.29 bits per heavy atom. The van der Waals surface area contributed by atoms with Crippen LogP contribution in [0.3, 0.4) is 0 Å². The molecule has 0 heterocycles. The van der Waals surface area contributed by atoms with Crippen LogP contribution < -0.4 is 20.9 Å². The molecular weight excluding hydrogens is 452 g/mol. The summed E-state index contributed by atoms with van der Waals surface area (Å²) in [4.78, 5) is 13.1. The molecule has 0 aliphatic carbocycles. The number of nitrogens with two attached hydrogens (primary N) is 2. The fourth-order valence-corrected chi connectivity index (χ4v) is 3.95. The van der Waals surface area contributed by atoms with Crippen LogP contribution in [0, 0.1) is 11.3 Å². The lowest BCUT2D eigenvalue weighted by molar-refractivity contribution is -0.123. The number of carbonyl (C=O) groups is 1. The molecule has 0 aliphatic heterocycles. The lowest BCUT2D eigenvalue weighted by Crippen LogP contribution is -2.34. The van der Waals surface area contributed by atoms with Gasteiger partial charge in [-0.3, -0.25) is 10.2 Å². The number of anilines is 1. The number of hydrogen-bond acceptors (Lipinski definition) is 5. The fraction of sp³-hybridized carbons (Fsp3) is 0.200. The molecule has 6 N–H and O–H groups in total. The average molecular weight is 481 g/mol. The Balaban J connectivity index is 1.82. The van der Waals surface area contributed by atoms with Crippen molar-refractivity contribution in [2.45, 2.75) is 31.3 Å². The minimum Gasteiger partial charge on any atom is -0.481 e. The van der Waals surface area contributed by atoms with Crippen LogP contribution >= 0.6 is 0 Å². The van der Waals surface area contributed by atoms with Crippen LogP contribution in [0.5, 0.6) is 5.75 Å². The van der Waals surface area contributed by atoms with Crippen molar-refractivity contribution in [2.24, 2.45) is 16.8 Å². The fourth-order valence-electron chi connectivity index (χ4n) is 3.39. The molecule has 178 valence electrons. The minimum atomic E-state index is -3.83. The molecule has 0 aromatic heterocycles. The molecule has 8 nitrogen and oxygen atoms in total. The van der Waals surface area contributed by atoms with Crippen LogP contribution in [-0.2, 0) is 14.8 Å². The number of carbonyl (C=O) groups excluding carboxylic acids is 1. The third-order valence-electron chi connectivity index (χ3n) is 5.03. The van der Waals surface area contributed by atoms with Gasteiger partial charge < -0.3 is 15.8 Å². The van der Waals surface area contributed by atoms with Crippen molar-refractivity contribution in [3.8, 4) is 16.9 Å². The monoisotopic (exact) mass is 480 g/mol. The van der Waals surface area contributed by atoms with Crippen molar-refractivity contribution >= 4 is 27.5 Å². The SMILES string of the molecule is CC(C)CC(Oc1cccc(C(=N)N)c1)C(=O)Nc1cccc(-c2cccc(S(N)(=O)=O)c2)c1.